The zero-order valence-electron chi connectivity index (χ0n) is 9.34. The van der Waals surface area contributed by atoms with Crippen LogP contribution in [0.1, 0.15) is 24.5 Å². The molecule has 3 nitrogen and oxygen atoms in total. The highest BCUT2D eigenvalue weighted by molar-refractivity contribution is 5.17. The maximum Gasteiger partial charge on any atom is 0.106 e. The highest BCUT2D eigenvalue weighted by atomic mass is 16.5. The summed E-state index contributed by atoms with van der Waals surface area (Å²) in [5.74, 6) is 0. The molecule has 0 aromatic heterocycles. The molecule has 3 heteroatoms. The summed E-state index contributed by atoms with van der Waals surface area (Å²) < 4.78 is 11.2. The molecule has 1 aliphatic heterocycles. The van der Waals surface area contributed by atoms with Crippen LogP contribution in [0.5, 0.6) is 0 Å². The Labute approximate surface area is 96.0 Å². The first kappa shape index (κ1) is 11.6. The minimum atomic E-state index is -0.204. The van der Waals surface area contributed by atoms with E-state index >= 15 is 0 Å². The van der Waals surface area contributed by atoms with Crippen LogP contribution >= 0.6 is 0 Å². The molecule has 0 amide bonds. The number of hydrogen-bond acceptors (Lipinski definition) is 3. The molecule has 0 spiro atoms. The monoisotopic (exact) mass is 222 g/mol. The van der Waals surface area contributed by atoms with E-state index < -0.39 is 0 Å². The summed E-state index contributed by atoms with van der Waals surface area (Å²) in [6.45, 7) is 1.55. The quantitative estimate of drug-likeness (QED) is 0.845. The van der Waals surface area contributed by atoms with E-state index in [0.717, 1.165) is 31.6 Å². The van der Waals surface area contributed by atoms with Crippen LogP contribution in [0.15, 0.2) is 30.3 Å². The molecule has 1 fully saturated rings. The van der Waals surface area contributed by atoms with Crippen LogP contribution in [0.4, 0.5) is 0 Å². The second kappa shape index (κ2) is 5.99. The number of hydrogen-bond donors (Lipinski definition) is 1. The zero-order chi connectivity index (χ0) is 11.2. The van der Waals surface area contributed by atoms with Gasteiger partial charge in [0.25, 0.3) is 0 Å². The summed E-state index contributed by atoms with van der Waals surface area (Å²) >= 11 is 0. The average molecular weight is 222 g/mol. The highest BCUT2D eigenvalue weighted by Gasteiger charge is 2.19. The molecule has 1 aromatic carbocycles. The Morgan fingerprint density at radius 2 is 1.94 bits per heavy atom. The van der Waals surface area contributed by atoms with Gasteiger partial charge in [0.2, 0.25) is 0 Å². The van der Waals surface area contributed by atoms with Gasteiger partial charge in [-0.25, -0.2) is 0 Å². The van der Waals surface area contributed by atoms with Crippen molar-refractivity contribution in [2.75, 3.05) is 19.8 Å². The maximum atomic E-state index is 9.35. The van der Waals surface area contributed by atoms with Crippen molar-refractivity contribution in [1.82, 2.24) is 0 Å². The molecule has 0 bridgehead atoms. The van der Waals surface area contributed by atoms with Gasteiger partial charge in [0.05, 0.1) is 12.7 Å². The number of ether oxygens (including phenoxy) is 2. The minimum Gasteiger partial charge on any atom is -0.393 e. The van der Waals surface area contributed by atoms with Crippen LogP contribution in [0.3, 0.4) is 0 Å². The third-order valence-corrected chi connectivity index (χ3v) is 2.86. The fourth-order valence-electron chi connectivity index (χ4n) is 1.94. The van der Waals surface area contributed by atoms with Gasteiger partial charge in [-0.05, 0) is 18.4 Å². The molecule has 16 heavy (non-hydrogen) atoms. The Morgan fingerprint density at radius 3 is 2.56 bits per heavy atom. The van der Waals surface area contributed by atoms with Crippen molar-refractivity contribution >= 4 is 0 Å². The summed E-state index contributed by atoms with van der Waals surface area (Å²) in [7, 11) is 0. The SMILES string of the molecule is OCC(OC1CCOCC1)c1ccccc1. The number of aliphatic hydroxyl groups is 1. The molecule has 1 heterocycles. The maximum absolute atomic E-state index is 9.35. The molecule has 1 unspecified atom stereocenters. The largest absolute Gasteiger partial charge is 0.393 e. The lowest BCUT2D eigenvalue weighted by Crippen LogP contribution is -2.26. The number of rotatable bonds is 4. The van der Waals surface area contributed by atoms with Crippen LogP contribution in [0.25, 0.3) is 0 Å². The fourth-order valence-corrected chi connectivity index (χ4v) is 1.94. The predicted molar refractivity (Wildman–Crippen MR) is 61.2 cm³/mol. The van der Waals surface area contributed by atoms with E-state index in [-0.39, 0.29) is 18.8 Å². The summed E-state index contributed by atoms with van der Waals surface area (Å²) in [5.41, 5.74) is 1.04. The van der Waals surface area contributed by atoms with Gasteiger partial charge in [0.15, 0.2) is 0 Å². The Balaban J connectivity index is 1.94. The lowest BCUT2D eigenvalue weighted by molar-refractivity contribution is -0.0848. The lowest BCUT2D eigenvalue weighted by Gasteiger charge is -2.27. The highest BCUT2D eigenvalue weighted by Crippen LogP contribution is 2.22. The summed E-state index contributed by atoms with van der Waals surface area (Å²) in [6.07, 6.45) is 1.85. The Morgan fingerprint density at radius 1 is 1.25 bits per heavy atom. The van der Waals surface area contributed by atoms with Crippen LogP contribution in [0, 0.1) is 0 Å². The van der Waals surface area contributed by atoms with E-state index in [1.807, 2.05) is 30.3 Å². The summed E-state index contributed by atoms with van der Waals surface area (Å²) in [4.78, 5) is 0. The molecule has 0 radical (unpaired) electrons. The van der Waals surface area contributed by atoms with E-state index in [4.69, 9.17) is 9.47 Å². The normalized spacial score (nSPS) is 19.6. The molecular weight excluding hydrogens is 204 g/mol. The van der Waals surface area contributed by atoms with Crippen molar-refractivity contribution in [3.63, 3.8) is 0 Å². The topological polar surface area (TPSA) is 38.7 Å². The molecule has 0 saturated carbocycles. The van der Waals surface area contributed by atoms with Gasteiger partial charge in [-0.15, -0.1) is 0 Å². The third kappa shape index (κ3) is 3.04. The second-order valence-electron chi connectivity index (χ2n) is 4.03. The molecule has 0 aliphatic carbocycles. The predicted octanol–water partition coefficient (Wildman–Crippen LogP) is 1.92. The standard InChI is InChI=1S/C13H18O3/c14-10-13(11-4-2-1-3-5-11)16-12-6-8-15-9-7-12/h1-5,12-14H,6-10H2. The molecule has 2 rings (SSSR count). The Kier molecular flexibility index (Phi) is 4.34. The summed E-state index contributed by atoms with van der Waals surface area (Å²) in [6, 6.07) is 9.86. The number of aliphatic hydroxyl groups excluding tert-OH is 1. The smallest absolute Gasteiger partial charge is 0.106 e. The molecule has 1 aliphatic rings. The molecule has 1 N–H and O–H groups in total. The first-order valence-electron chi connectivity index (χ1n) is 5.79. The van der Waals surface area contributed by atoms with Crippen molar-refractivity contribution in [2.24, 2.45) is 0 Å². The zero-order valence-corrected chi connectivity index (χ0v) is 9.34. The molecule has 1 atom stereocenters. The van der Waals surface area contributed by atoms with Crippen LogP contribution in [0.2, 0.25) is 0 Å². The van der Waals surface area contributed by atoms with Gasteiger partial charge in [-0.2, -0.15) is 0 Å². The molecule has 1 saturated heterocycles. The summed E-state index contributed by atoms with van der Waals surface area (Å²) in [5, 5.41) is 9.35. The van der Waals surface area contributed by atoms with Crippen molar-refractivity contribution in [3.8, 4) is 0 Å². The number of benzene rings is 1. The van der Waals surface area contributed by atoms with Crippen LogP contribution < -0.4 is 0 Å². The lowest BCUT2D eigenvalue weighted by atomic mass is 10.1. The van der Waals surface area contributed by atoms with Crippen molar-refractivity contribution in [3.05, 3.63) is 35.9 Å². The van der Waals surface area contributed by atoms with E-state index in [1.54, 1.807) is 0 Å². The van der Waals surface area contributed by atoms with E-state index in [9.17, 15) is 5.11 Å². The second-order valence-corrected chi connectivity index (χ2v) is 4.03. The van der Waals surface area contributed by atoms with E-state index in [0.29, 0.717) is 0 Å². The van der Waals surface area contributed by atoms with Crippen LogP contribution in [-0.4, -0.2) is 31.0 Å². The van der Waals surface area contributed by atoms with E-state index in [2.05, 4.69) is 0 Å². The minimum absolute atomic E-state index is 0.0291. The molecule has 88 valence electrons. The van der Waals surface area contributed by atoms with Gasteiger partial charge in [0, 0.05) is 13.2 Å². The van der Waals surface area contributed by atoms with Crippen LogP contribution in [-0.2, 0) is 9.47 Å². The van der Waals surface area contributed by atoms with Gasteiger partial charge < -0.3 is 14.6 Å². The molecule has 1 aromatic rings. The Hall–Kier alpha value is -0.900. The van der Waals surface area contributed by atoms with Crippen molar-refractivity contribution in [1.29, 1.82) is 0 Å². The van der Waals surface area contributed by atoms with Gasteiger partial charge >= 0.3 is 0 Å². The Bertz CT molecular complexity index is 293. The van der Waals surface area contributed by atoms with Crippen molar-refractivity contribution < 1.29 is 14.6 Å². The average Bonchev–Trinajstić information content (AvgIpc) is 2.38. The van der Waals surface area contributed by atoms with Gasteiger partial charge in [0.1, 0.15) is 6.10 Å². The van der Waals surface area contributed by atoms with Crippen molar-refractivity contribution in [2.45, 2.75) is 25.0 Å². The third-order valence-electron chi connectivity index (χ3n) is 2.86. The first-order chi connectivity index (χ1) is 7.90. The fraction of sp³-hybridized carbons (Fsp3) is 0.538. The van der Waals surface area contributed by atoms with Gasteiger partial charge in [-0.3, -0.25) is 0 Å². The molecular formula is C13H18O3. The van der Waals surface area contributed by atoms with E-state index in [1.165, 1.54) is 0 Å². The van der Waals surface area contributed by atoms with Gasteiger partial charge in [-0.1, -0.05) is 30.3 Å². The first-order valence-corrected chi connectivity index (χ1v) is 5.79.